The number of ether oxygens (including phenoxy) is 1. The number of aromatic nitrogens is 2. The molecule has 0 saturated heterocycles. The summed E-state index contributed by atoms with van der Waals surface area (Å²) in [4.78, 5) is 23.3. The molecule has 0 bridgehead atoms. The minimum absolute atomic E-state index is 0.107. The van der Waals surface area contributed by atoms with E-state index in [-0.39, 0.29) is 30.7 Å². The zero-order chi connectivity index (χ0) is 16.8. The van der Waals surface area contributed by atoms with Crippen LogP contribution in [0.3, 0.4) is 0 Å². The average molecular weight is 319 g/mol. The van der Waals surface area contributed by atoms with Gasteiger partial charge >= 0.3 is 5.97 Å². The zero-order valence-electron chi connectivity index (χ0n) is 13.0. The molecule has 0 spiro atoms. The second kappa shape index (κ2) is 7.53. The van der Waals surface area contributed by atoms with Gasteiger partial charge in [0.05, 0.1) is 36.7 Å². The van der Waals surface area contributed by atoms with E-state index in [0.717, 1.165) is 0 Å². The van der Waals surface area contributed by atoms with Crippen molar-refractivity contribution in [3.8, 4) is 5.69 Å². The van der Waals surface area contributed by atoms with Crippen LogP contribution in [0.1, 0.15) is 29.4 Å². The van der Waals surface area contributed by atoms with E-state index in [1.807, 2.05) is 6.92 Å². The smallest absolute Gasteiger partial charge is 0.307 e. The first-order valence-corrected chi connectivity index (χ1v) is 7.24. The largest absolute Gasteiger partial charge is 0.469 e. The molecular weight excluding hydrogens is 301 g/mol. The van der Waals surface area contributed by atoms with E-state index in [1.54, 1.807) is 16.8 Å². The van der Waals surface area contributed by atoms with E-state index in [2.05, 4.69) is 15.2 Å². The number of halogens is 1. The van der Waals surface area contributed by atoms with Crippen molar-refractivity contribution in [1.29, 1.82) is 0 Å². The highest BCUT2D eigenvalue weighted by Gasteiger charge is 2.17. The molecule has 1 aromatic heterocycles. The first-order chi connectivity index (χ1) is 11.1. The van der Waals surface area contributed by atoms with E-state index in [0.29, 0.717) is 23.4 Å². The van der Waals surface area contributed by atoms with Gasteiger partial charge in [-0.1, -0.05) is 6.92 Å². The van der Waals surface area contributed by atoms with Gasteiger partial charge in [-0.05, 0) is 30.7 Å². The maximum Gasteiger partial charge on any atom is 0.307 e. The molecule has 7 heteroatoms. The summed E-state index contributed by atoms with van der Waals surface area (Å²) in [5.41, 5.74) is 1.82. The lowest BCUT2D eigenvalue weighted by molar-refractivity contribution is -0.140. The van der Waals surface area contributed by atoms with Crippen molar-refractivity contribution in [2.75, 3.05) is 13.7 Å². The summed E-state index contributed by atoms with van der Waals surface area (Å²) in [7, 11) is 1.30. The Balaban J connectivity index is 2.15. The Morgan fingerprint density at radius 2 is 2.00 bits per heavy atom. The number of carbonyl (C=O) groups excluding carboxylic acids is 2. The number of nitrogens with zero attached hydrogens (tertiary/aromatic N) is 2. The van der Waals surface area contributed by atoms with Crippen LogP contribution in [0, 0.1) is 5.82 Å². The number of hydrogen-bond donors (Lipinski definition) is 1. The molecule has 122 valence electrons. The van der Waals surface area contributed by atoms with Crippen molar-refractivity contribution in [3.05, 3.63) is 47.5 Å². The van der Waals surface area contributed by atoms with Gasteiger partial charge < -0.3 is 10.1 Å². The maximum atomic E-state index is 13.0. The quantitative estimate of drug-likeness (QED) is 0.825. The van der Waals surface area contributed by atoms with Crippen LogP contribution < -0.4 is 5.32 Å². The number of benzene rings is 1. The van der Waals surface area contributed by atoms with E-state index >= 15 is 0 Å². The van der Waals surface area contributed by atoms with Crippen LogP contribution >= 0.6 is 0 Å². The fourth-order valence-corrected chi connectivity index (χ4v) is 2.18. The van der Waals surface area contributed by atoms with Crippen molar-refractivity contribution in [1.82, 2.24) is 15.1 Å². The minimum atomic E-state index is -0.386. The average Bonchev–Trinajstić information content (AvgIpc) is 2.99. The van der Waals surface area contributed by atoms with Crippen molar-refractivity contribution >= 4 is 11.9 Å². The molecule has 0 saturated carbocycles. The Morgan fingerprint density at radius 1 is 1.30 bits per heavy atom. The summed E-state index contributed by atoms with van der Waals surface area (Å²) in [6, 6.07) is 5.87. The lowest BCUT2D eigenvalue weighted by Gasteiger charge is -2.08. The van der Waals surface area contributed by atoms with Crippen LogP contribution in [0.25, 0.3) is 5.69 Å². The van der Waals surface area contributed by atoms with E-state index in [1.165, 1.54) is 25.4 Å². The fourth-order valence-electron chi connectivity index (χ4n) is 2.18. The standard InChI is InChI=1S/C16H18FN3O3/c1-3-14-13(16(22)18-9-8-15(21)23-2)10-19-20(14)12-6-4-11(17)5-7-12/h4-7,10H,3,8-9H2,1-2H3,(H,18,22). The molecule has 1 aromatic carbocycles. The molecule has 6 nitrogen and oxygen atoms in total. The highest BCUT2D eigenvalue weighted by atomic mass is 19.1. The molecule has 0 atom stereocenters. The summed E-state index contributed by atoms with van der Waals surface area (Å²) in [6.07, 6.45) is 2.16. The van der Waals surface area contributed by atoms with Gasteiger partial charge in [0.1, 0.15) is 5.82 Å². The molecule has 0 aliphatic carbocycles. The predicted molar refractivity (Wildman–Crippen MR) is 81.9 cm³/mol. The lowest BCUT2D eigenvalue weighted by Crippen LogP contribution is -2.27. The third kappa shape index (κ3) is 3.94. The first-order valence-electron chi connectivity index (χ1n) is 7.24. The lowest BCUT2D eigenvalue weighted by atomic mass is 10.2. The Morgan fingerprint density at radius 3 is 2.61 bits per heavy atom. The highest BCUT2D eigenvalue weighted by molar-refractivity contribution is 5.95. The highest BCUT2D eigenvalue weighted by Crippen LogP contribution is 2.16. The van der Waals surface area contributed by atoms with Crippen LogP contribution in [0.15, 0.2) is 30.5 Å². The fraction of sp³-hybridized carbons (Fsp3) is 0.312. The van der Waals surface area contributed by atoms with Crippen molar-refractivity contribution in [3.63, 3.8) is 0 Å². The van der Waals surface area contributed by atoms with Gasteiger partial charge in [0.25, 0.3) is 5.91 Å². The van der Waals surface area contributed by atoms with Crippen LogP contribution in [0.2, 0.25) is 0 Å². The summed E-state index contributed by atoms with van der Waals surface area (Å²) >= 11 is 0. The molecule has 2 aromatic rings. The summed E-state index contributed by atoms with van der Waals surface area (Å²) in [5, 5.41) is 6.87. The van der Waals surface area contributed by atoms with Gasteiger partial charge in [0, 0.05) is 6.54 Å². The number of amides is 1. The van der Waals surface area contributed by atoms with E-state index < -0.39 is 0 Å². The molecule has 0 fully saturated rings. The van der Waals surface area contributed by atoms with E-state index in [9.17, 15) is 14.0 Å². The van der Waals surface area contributed by atoms with Crippen LogP contribution in [0.4, 0.5) is 4.39 Å². The molecule has 0 aliphatic heterocycles. The molecule has 1 heterocycles. The Kier molecular flexibility index (Phi) is 5.46. The minimum Gasteiger partial charge on any atom is -0.469 e. The maximum absolute atomic E-state index is 13.0. The monoisotopic (exact) mass is 319 g/mol. The summed E-state index contributed by atoms with van der Waals surface area (Å²) < 4.78 is 19.1. The molecule has 1 amide bonds. The molecule has 23 heavy (non-hydrogen) atoms. The van der Waals surface area contributed by atoms with Crippen LogP contribution in [-0.2, 0) is 16.0 Å². The predicted octanol–water partition coefficient (Wildman–Crippen LogP) is 1.87. The summed E-state index contributed by atoms with van der Waals surface area (Å²) in [5.74, 6) is -1.03. The SMILES string of the molecule is CCc1c(C(=O)NCCC(=O)OC)cnn1-c1ccc(F)cc1. The Hall–Kier alpha value is -2.70. The Labute approximate surface area is 133 Å². The van der Waals surface area contributed by atoms with Gasteiger partial charge in [-0.2, -0.15) is 5.10 Å². The van der Waals surface area contributed by atoms with Gasteiger partial charge in [-0.25, -0.2) is 9.07 Å². The zero-order valence-corrected chi connectivity index (χ0v) is 13.0. The number of hydrogen-bond acceptors (Lipinski definition) is 4. The number of rotatable bonds is 6. The second-order valence-electron chi connectivity index (χ2n) is 4.83. The number of esters is 1. The molecule has 2 rings (SSSR count). The van der Waals surface area contributed by atoms with Gasteiger partial charge in [0.2, 0.25) is 0 Å². The van der Waals surface area contributed by atoms with Crippen molar-refractivity contribution in [2.24, 2.45) is 0 Å². The van der Waals surface area contributed by atoms with Gasteiger partial charge in [0.15, 0.2) is 0 Å². The molecule has 0 unspecified atom stereocenters. The number of carbonyl (C=O) groups is 2. The third-order valence-corrected chi connectivity index (χ3v) is 3.36. The Bertz CT molecular complexity index is 695. The molecular formula is C16H18FN3O3. The number of nitrogens with one attached hydrogen (secondary N) is 1. The van der Waals surface area contributed by atoms with Gasteiger partial charge in [-0.15, -0.1) is 0 Å². The summed E-state index contributed by atoms with van der Waals surface area (Å²) in [6.45, 7) is 2.10. The topological polar surface area (TPSA) is 73.2 Å². The normalized spacial score (nSPS) is 10.4. The molecule has 1 N–H and O–H groups in total. The molecule has 0 aliphatic rings. The third-order valence-electron chi connectivity index (χ3n) is 3.36. The number of methoxy groups -OCH3 is 1. The van der Waals surface area contributed by atoms with Crippen molar-refractivity contribution in [2.45, 2.75) is 19.8 Å². The molecule has 0 radical (unpaired) electrons. The van der Waals surface area contributed by atoms with E-state index in [4.69, 9.17) is 0 Å². The van der Waals surface area contributed by atoms with Crippen LogP contribution in [-0.4, -0.2) is 35.3 Å². The van der Waals surface area contributed by atoms with Gasteiger partial charge in [-0.3, -0.25) is 9.59 Å². The first kappa shape index (κ1) is 16.7. The van der Waals surface area contributed by atoms with Crippen molar-refractivity contribution < 1.29 is 18.7 Å². The second-order valence-corrected chi connectivity index (χ2v) is 4.83. The van der Waals surface area contributed by atoms with Crippen LogP contribution in [0.5, 0.6) is 0 Å².